The molecule has 0 aliphatic heterocycles. The molecule has 0 radical (unpaired) electrons. The molecular formula is C17H17N3O. The molecule has 3 aromatic rings. The normalized spacial score (nSPS) is 10.5. The van der Waals surface area contributed by atoms with E-state index in [1.54, 1.807) is 6.20 Å². The van der Waals surface area contributed by atoms with E-state index >= 15 is 0 Å². The van der Waals surface area contributed by atoms with Gasteiger partial charge in [-0.1, -0.05) is 18.2 Å². The van der Waals surface area contributed by atoms with Crippen molar-refractivity contribution in [2.24, 2.45) is 0 Å². The monoisotopic (exact) mass is 279 g/mol. The average Bonchev–Trinajstić information content (AvgIpc) is 3.04. The Morgan fingerprint density at radius 1 is 1.10 bits per heavy atom. The van der Waals surface area contributed by atoms with Crippen molar-refractivity contribution in [3.8, 4) is 11.4 Å². The lowest BCUT2D eigenvalue weighted by Crippen LogP contribution is -2.01. The van der Waals surface area contributed by atoms with Crippen molar-refractivity contribution in [3.05, 3.63) is 72.1 Å². The van der Waals surface area contributed by atoms with Gasteiger partial charge >= 0.3 is 0 Å². The first-order valence-corrected chi connectivity index (χ1v) is 6.85. The first kappa shape index (κ1) is 13.2. The van der Waals surface area contributed by atoms with Crippen LogP contribution in [0.2, 0.25) is 0 Å². The molecule has 4 nitrogen and oxygen atoms in total. The van der Waals surface area contributed by atoms with E-state index in [1.807, 2.05) is 66.3 Å². The Labute approximate surface area is 123 Å². The third kappa shape index (κ3) is 2.89. The first-order valence-electron chi connectivity index (χ1n) is 6.85. The Balaban J connectivity index is 1.70. The van der Waals surface area contributed by atoms with E-state index in [0.29, 0.717) is 12.3 Å². The molecule has 4 heteroatoms. The summed E-state index contributed by atoms with van der Waals surface area (Å²) in [5.41, 5.74) is 3.81. The summed E-state index contributed by atoms with van der Waals surface area (Å²) in [5.74, 6) is 0.359. The van der Waals surface area contributed by atoms with Crippen LogP contribution in [0.25, 0.3) is 5.69 Å². The number of para-hydroxylation sites is 1. The van der Waals surface area contributed by atoms with E-state index < -0.39 is 0 Å². The number of aromatic nitrogens is 2. The smallest absolute Gasteiger partial charge is 0.123 e. The van der Waals surface area contributed by atoms with Gasteiger partial charge in [0.15, 0.2) is 0 Å². The van der Waals surface area contributed by atoms with Crippen LogP contribution < -0.4 is 5.32 Å². The lowest BCUT2D eigenvalue weighted by Gasteiger charge is -2.10. The standard InChI is InChI=1S/C17H17N3O/c1-13-4-2-5-14(17(13)21)12-18-15-6-8-16(9-7-15)20-11-3-10-19-20/h2-11,18,21H,12H2,1H3. The van der Waals surface area contributed by atoms with Gasteiger partial charge in [-0.05, 0) is 42.8 Å². The fourth-order valence-corrected chi connectivity index (χ4v) is 2.21. The molecule has 0 amide bonds. The van der Waals surface area contributed by atoms with E-state index in [9.17, 15) is 5.11 Å². The number of phenols is 1. The van der Waals surface area contributed by atoms with Crippen LogP contribution in [-0.2, 0) is 6.54 Å². The minimum absolute atomic E-state index is 0.359. The first-order chi connectivity index (χ1) is 10.2. The number of benzene rings is 2. The summed E-state index contributed by atoms with van der Waals surface area (Å²) in [6, 6.07) is 15.7. The number of nitrogens with one attached hydrogen (secondary N) is 1. The van der Waals surface area contributed by atoms with Crippen molar-refractivity contribution < 1.29 is 5.11 Å². The summed E-state index contributed by atoms with van der Waals surface area (Å²) >= 11 is 0. The van der Waals surface area contributed by atoms with Gasteiger partial charge in [0.05, 0.1) is 5.69 Å². The zero-order valence-corrected chi connectivity index (χ0v) is 11.8. The Morgan fingerprint density at radius 3 is 2.62 bits per heavy atom. The summed E-state index contributed by atoms with van der Waals surface area (Å²) in [7, 11) is 0. The van der Waals surface area contributed by atoms with Crippen molar-refractivity contribution in [1.29, 1.82) is 0 Å². The number of aryl methyl sites for hydroxylation is 1. The van der Waals surface area contributed by atoms with Gasteiger partial charge in [0.25, 0.3) is 0 Å². The Bertz CT molecular complexity index is 718. The van der Waals surface area contributed by atoms with E-state index in [1.165, 1.54) is 0 Å². The van der Waals surface area contributed by atoms with Gasteiger partial charge in [-0.3, -0.25) is 0 Å². The Hall–Kier alpha value is -2.75. The second-order valence-corrected chi connectivity index (χ2v) is 4.93. The third-order valence-electron chi connectivity index (χ3n) is 3.44. The van der Waals surface area contributed by atoms with Gasteiger partial charge in [0.1, 0.15) is 5.75 Å². The molecule has 0 spiro atoms. The van der Waals surface area contributed by atoms with Crippen molar-refractivity contribution >= 4 is 5.69 Å². The number of aromatic hydroxyl groups is 1. The molecule has 106 valence electrons. The minimum atomic E-state index is 0.359. The van der Waals surface area contributed by atoms with Gasteiger partial charge in [0, 0.05) is 30.2 Å². The highest BCUT2D eigenvalue weighted by Gasteiger charge is 2.03. The highest BCUT2D eigenvalue weighted by atomic mass is 16.3. The Kier molecular flexibility index (Phi) is 3.60. The lowest BCUT2D eigenvalue weighted by molar-refractivity contribution is 0.465. The summed E-state index contributed by atoms with van der Waals surface area (Å²) in [4.78, 5) is 0. The fraction of sp³-hybridized carbons (Fsp3) is 0.118. The van der Waals surface area contributed by atoms with E-state index in [-0.39, 0.29) is 0 Å². The minimum Gasteiger partial charge on any atom is -0.507 e. The number of phenolic OH excluding ortho intramolecular Hbond substituents is 1. The molecule has 2 N–H and O–H groups in total. The van der Waals surface area contributed by atoms with Crippen molar-refractivity contribution in [1.82, 2.24) is 9.78 Å². The molecule has 1 heterocycles. The molecule has 0 fully saturated rings. The maximum atomic E-state index is 9.99. The molecule has 0 aliphatic rings. The largest absolute Gasteiger partial charge is 0.507 e. The van der Waals surface area contributed by atoms with Crippen molar-refractivity contribution in [2.75, 3.05) is 5.32 Å². The van der Waals surface area contributed by atoms with Gasteiger partial charge in [-0.25, -0.2) is 4.68 Å². The predicted molar refractivity (Wildman–Crippen MR) is 83.7 cm³/mol. The summed E-state index contributed by atoms with van der Waals surface area (Å²) in [5, 5.41) is 17.5. The van der Waals surface area contributed by atoms with Gasteiger partial charge < -0.3 is 10.4 Å². The number of nitrogens with zero attached hydrogens (tertiary/aromatic N) is 2. The van der Waals surface area contributed by atoms with E-state index in [2.05, 4.69) is 10.4 Å². The topological polar surface area (TPSA) is 50.1 Å². The molecule has 0 atom stereocenters. The molecule has 2 aromatic carbocycles. The molecule has 0 saturated carbocycles. The highest BCUT2D eigenvalue weighted by molar-refractivity contribution is 5.50. The van der Waals surface area contributed by atoms with E-state index in [4.69, 9.17) is 0 Å². The van der Waals surface area contributed by atoms with Crippen molar-refractivity contribution in [3.63, 3.8) is 0 Å². The number of hydrogen-bond donors (Lipinski definition) is 2. The molecule has 3 rings (SSSR count). The Morgan fingerprint density at radius 2 is 1.90 bits per heavy atom. The van der Waals surface area contributed by atoms with Gasteiger partial charge in [0.2, 0.25) is 0 Å². The number of rotatable bonds is 4. The fourth-order valence-electron chi connectivity index (χ4n) is 2.21. The summed E-state index contributed by atoms with van der Waals surface area (Å²) in [6.07, 6.45) is 3.67. The molecule has 21 heavy (non-hydrogen) atoms. The van der Waals surface area contributed by atoms with Crippen LogP contribution in [0.5, 0.6) is 5.75 Å². The number of anilines is 1. The summed E-state index contributed by atoms with van der Waals surface area (Å²) < 4.78 is 1.82. The second-order valence-electron chi connectivity index (χ2n) is 4.93. The molecule has 0 saturated heterocycles. The third-order valence-corrected chi connectivity index (χ3v) is 3.44. The lowest BCUT2D eigenvalue weighted by atomic mass is 10.1. The highest BCUT2D eigenvalue weighted by Crippen LogP contribution is 2.22. The predicted octanol–water partition coefficient (Wildman–Crippen LogP) is 3.50. The SMILES string of the molecule is Cc1cccc(CNc2ccc(-n3cccn3)cc2)c1O. The molecule has 0 bridgehead atoms. The molecular weight excluding hydrogens is 262 g/mol. The van der Waals surface area contributed by atoms with E-state index in [0.717, 1.165) is 22.5 Å². The molecule has 0 aliphatic carbocycles. The summed E-state index contributed by atoms with van der Waals surface area (Å²) in [6.45, 7) is 2.49. The molecule has 0 unspecified atom stereocenters. The van der Waals surface area contributed by atoms with Crippen LogP contribution in [0.15, 0.2) is 60.9 Å². The van der Waals surface area contributed by atoms with Crippen molar-refractivity contribution in [2.45, 2.75) is 13.5 Å². The van der Waals surface area contributed by atoms with Crippen LogP contribution >= 0.6 is 0 Å². The maximum absolute atomic E-state index is 9.99. The maximum Gasteiger partial charge on any atom is 0.123 e. The quantitative estimate of drug-likeness (QED) is 0.768. The van der Waals surface area contributed by atoms with Crippen LogP contribution in [0.4, 0.5) is 5.69 Å². The zero-order valence-electron chi connectivity index (χ0n) is 11.8. The van der Waals surface area contributed by atoms with Crippen LogP contribution in [0, 0.1) is 6.92 Å². The number of hydrogen-bond acceptors (Lipinski definition) is 3. The van der Waals surface area contributed by atoms with Crippen LogP contribution in [-0.4, -0.2) is 14.9 Å². The zero-order chi connectivity index (χ0) is 14.7. The average molecular weight is 279 g/mol. The second kappa shape index (κ2) is 5.71. The van der Waals surface area contributed by atoms with Gasteiger partial charge in [-0.2, -0.15) is 5.10 Å². The van der Waals surface area contributed by atoms with Gasteiger partial charge in [-0.15, -0.1) is 0 Å². The van der Waals surface area contributed by atoms with Crippen LogP contribution in [0.1, 0.15) is 11.1 Å². The molecule has 1 aromatic heterocycles. The van der Waals surface area contributed by atoms with Crippen LogP contribution in [0.3, 0.4) is 0 Å².